The Morgan fingerprint density at radius 1 is 1.17 bits per heavy atom. The molecule has 0 amide bonds. The van der Waals surface area contributed by atoms with Crippen molar-refractivity contribution in [3.63, 3.8) is 0 Å². The number of aromatic carboxylic acids is 1. The number of rotatable bonds is 9. The van der Waals surface area contributed by atoms with E-state index in [1.165, 1.54) is 23.5 Å². The van der Waals surface area contributed by atoms with Crippen LogP contribution in [0.2, 0.25) is 0 Å². The summed E-state index contributed by atoms with van der Waals surface area (Å²) in [5.41, 5.74) is 3.71. The molecule has 41 heavy (non-hydrogen) atoms. The molecule has 8 nitrogen and oxygen atoms in total. The van der Waals surface area contributed by atoms with Gasteiger partial charge in [-0.1, -0.05) is 29.5 Å². The predicted octanol–water partition coefficient (Wildman–Crippen LogP) is 5.87. The lowest BCUT2D eigenvalue weighted by Crippen LogP contribution is -2.33. The highest BCUT2D eigenvalue weighted by Gasteiger charge is 2.30. The standard InChI is InChI=1S/C29H27F3N4O4S/c30-29(31,32)21-4-1-18(2-5-21)16-40-28-34-24(17-41-28)19-7-10-35(11-8-19)15-26-33-23-6-3-20(27(37)38)13-25(23)36(26)14-22-9-12-39-22/h1-7,13,17,22H,8-12,14-16H2,(H,37,38)/t22-/m0/s1. The second-order valence-electron chi connectivity index (χ2n) is 10.1. The molecule has 0 saturated carbocycles. The van der Waals surface area contributed by atoms with E-state index < -0.39 is 17.7 Å². The molecule has 1 saturated heterocycles. The van der Waals surface area contributed by atoms with Crippen molar-refractivity contribution >= 4 is 33.9 Å². The maximum absolute atomic E-state index is 12.8. The van der Waals surface area contributed by atoms with Gasteiger partial charge in [0.2, 0.25) is 0 Å². The fourth-order valence-corrected chi connectivity index (χ4v) is 5.65. The van der Waals surface area contributed by atoms with E-state index in [1.54, 1.807) is 18.2 Å². The number of halogens is 3. The quantitative estimate of drug-likeness (QED) is 0.263. The first-order valence-electron chi connectivity index (χ1n) is 13.2. The third-order valence-corrected chi connectivity index (χ3v) is 8.12. The lowest BCUT2D eigenvalue weighted by atomic mass is 10.1. The van der Waals surface area contributed by atoms with Crippen LogP contribution in [-0.2, 0) is 30.6 Å². The van der Waals surface area contributed by atoms with Crippen molar-refractivity contribution in [2.24, 2.45) is 0 Å². The number of thiazole rings is 1. The molecule has 0 bridgehead atoms. The van der Waals surface area contributed by atoms with Gasteiger partial charge >= 0.3 is 12.1 Å². The van der Waals surface area contributed by atoms with Crippen molar-refractivity contribution < 1.29 is 32.5 Å². The zero-order valence-corrected chi connectivity index (χ0v) is 22.7. The van der Waals surface area contributed by atoms with Crippen molar-refractivity contribution in [1.82, 2.24) is 19.4 Å². The molecule has 0 unspecified atom stereocenters. The van der Waals surface area contributed by atoms with Gasteiger partial charge in [-0.3, -0.25) is 4.90 Å². The lowest BCUT2D eigenvalue weighted by Gasteiger charge is -2.29. The Kier molecular flexibility index (Phi) is 7.54. The second kappa shape index (κ2) is 11.3. The molecule has 0 spiro atoms. The first kappa shape index (κ1) is 27.4. The van der Waals surface area contributed by atoms with Crippen LogP contribution in [0.3, 0.4) is 0 Å². The number of alkyl halides is 3. The Morgan fingerprint density at radius 2 is 1.98 bits per heavy atom. The number of hydrogen-bond donors (Lipinski definition) is 1. The molecule has 4 heterocycles. The summed E-state index contributed by atoms with van der Waals surface area (Å²) in [5.74, 6) is -0.0903. The first-order valence-corrected chi connectivity index (χ1v) is 14.1. The molecule has 2 aliphatic heterocycles. The summed E-state index contributed by atoms with van der Waals surface area (Å²) in [6.45, 7) is 3.64. The van der Waals surface area contributed by atoms with Crippen molar-refractivity contribution in [1.29, 1.82) is 0 Å². The Bertz CT molecular complexity index is 1590. The van der Waals surface area contributed by atoms with Gasteiger partial charge in [-0.25, -0.2) is 14.8 Å². The van der Waals surface area contributed by atoms with Gasteiger partial charge in [0.25, 0.3) is 5.19 Å². The Balaban J connectivity index is 1.10. The number of ether oxygens (including phenoxy) is 2. The molecule has 2 aromatic heterocycles. The largest absolute Gasteiger partial charge is 0.478 e. The third kappa shape index (κ3) is 6.14. The number of nitrogens with zero attached hydrogens (tertiary/aromatic N) is 4. The SMILES string of the molecule is O=C(O)c1ccc2nc(CN3CC=C(c4csc(OCc5ccc(C(F)(F)F)cc5)n4)CC3)n(C[C@@H]3CCO3)c2c1. The van der Waals surface area contributed by atoms with Crippen LogP contribution in [0.15, 0.2) is 53.9 Å². The molecule has 2 aromatic carbocycles. The van der Waals surface area contributed by atoms with E-state index in [0.29, 0.717) is 30.4 Å². The summed E-state index contributed by atoms with van der Waals surface area (Å²) in [7, 11) is 0. The number of carboxylic acids is 1. The van der Waals surface area contributed by atoms with Crippen molar-refractivity contribution in [3.05, 3.63) is 82.1 Å². The summed E-state index contributed by atoms with van der Waals surface area (Å²) < 4.78 is 51.8. The van der Waals surface area contributed by atoms with Gasteiger partial charge in [0.05, 0.1) is 47.0 Å². The van der Waals surface area contributed by atoms with E-state index in [2.05, 4.69) is 20.5 Å². The van der Waals surface area contributed by atoms with Crippen LogP contribution < -0.4 is 4.74 Å². The van der Waals surface area contributed by atoms with Crippen LogP contribution in [0.4, 0.5) is 13.2 Å². The summed E-state index contributed by atoms with van der Waals surface area (Å²) in [6, 6.07) is 9.94. The van der Waals surface area contributed by atoms with Crippen molar-refractivity contribution in [2.75, 3.05) is 19.7 Å². The zero-order valence-electron chi connectivity index (χ0n) is 21.9. The molecule has 0 aliphatic carbocycles. The van der Waals surface area contributed by atoms with Crippen LogP contribution in [0.1, 0.15) is 45.8 Å². The summed E-state index contributed by atoms with van der Waals surface area (Å²) in [5, 5.41) is 11.9. The Hall–Kier alpha value is -3.74. The Morgan fingerprint density at radius 3 is 2.63 bits per heavy atom. The minimum absolute atomic E-state index is 0.104. The Labute approximate surface area is 237 Å². The third-order valence-electron chi connectivity index (χ3n) is 7.37. The van der Waals surface area contributed by atoms with E-state index in [1.807, 2.05) is 5.38 Å². The minimum atomic E-state index is -4.36. The summed E-state index contributed by atoms with van der Waals surface area (Å²) in [6.07, 6.45) is -0.358. The highest BCUT2D eigenvalue weighted by molar-refractivity contribution is 7.11. The van der Waals surface area contributed by atoms with Crippen LogP contribution in [0.25, 0.3) is 16.6 Å². The monoisotopic (exact) mass is 584 g/mol. The molecule has 1 fully saturated rings. The normalized spacial score (nSPS) is 17.8. The van der Waals surface area contributed by atoms with Crippen LogP contribution in [0, 0.1) is 0 Å². The van der Waals surface area contributed by atoms with Crippen LogP contribution in [-0.4, -0.2) is 56.3 Å². The summed E-state index contributed by atoms with van der Waals surface area (Å²) >= 11 is 1.36. The molecule has 4 aromatic rings. The van der Waals surface area contributed by atoms with Crippen molar-refractivity contribution in [3.8, 4) is 5.19 Å². The van der Waals surface area contributed by atoms with E-state index in [0.717, 1.165) is 66.3 Å². The maximum atomic E-state index is 12.8. The first-order chi connectivity index (χ1) is 19.7. The molecule has 6 rings (SSSR count). The topological polar surface area (TPSA) is 89.7 Å². The number of hydrogen-bond acceptors (Lipinski definition) is 7. The van der Waals surface area contributed by atoms with E-state index >= 15 is 0 Å². The predicted molar refractivity (Wildman–Crippen MR) is 147 cm³/mol. The smallest absolute Gasteiger partial charge is 0.416 e. The van der Waals surface area contributed by atoms with Gasteiger partial charge in [0.1, 0.15) is 12.4 Å². The van der Waals surface area contributed by atoms with Crippen LogP contribution >= 0.6 is 11.3 Å². The van der Waals surface area contributed by atoms with Gasteiger partial charge in [0, 0.05) is 25.1 Å². The maximum Gasteiger partial charge on any atom is 0.416 e. The average Bonchev–Trinajstić information content (AvgIpc) is 3.54. The van der Waals surface area contributed by atoms with E-state index in [-0.39, 0.29) is 18.3 Å². The lowest BCUT2D eigenvalue weighted by molar-refractivity contribution is -0.137. The fraction of sp³-hybridized carbons (Fsp3) is 0.345. The second-order valence-corrected chi connectivity index (χ2v) is 10.9. The molecule has 0 radical (unpaired) electrons. The molecular formula is C29H27F3N4O4S. The summed E-state index contributed by atoms with van der Waals surface area (Å²) in [4.78, 5) is 23.2. The van der Waals surface area contributed by atoms with Gasteiger partial charge in [-0.05, 0) is 54.3 Å². The molecule has 2 aliphatic rings. The highest BCUT2D eigenvalue weighted by Crippen LogP contribution is 2.31. The molecular weight excluding hydrogens is 557 g/mol. The van der Waals surface area contributed by atoms with Crippen LogP contribution in [0.5, 0.6) is 5.19 Å². The number of benzene rings is 2. The van der Waals surface area contributed by atoms with Gasteiger partial charge in [-0.15, -0.1) is 0 Å². The fourth-order valence-electron chi connectivity index (χ4n) is 4.96. The average molecular weight is 585 g/mol. The molecule has 214 valence electrons. The molecule has 1 N–H and O–H groups in total. The highest BCUT2D eigenvalue weighted by atomic mass is 32.1. The number of fused-ring (bicyclic) bond motifs is 1. The minimum Gasteiger partial charge on any atom is -0.478 e. The van der Waals surface area contributed by atoms with Gasteiger partial charge in [0.15, 0.2) is 0 Å². The number of imidazole rings is 1. The van der Waals surface area contributed by atoms with Crippen molar-refractivity contribution in [2.45, 2.75) is 44.8 Å². The molecule has 1 atom stereocenters. The number of carboxylic acid groups (broad SMARTS) is 1. The van der Waals surface area contributed by atoms with Gasteiger partial charge in [-0.2, -0.15) is 13.2 Å². The number of carbonyl (C=O) groups is 1. The zero-order chi connectivity index (χ0) is 28.6. The number of aromatic nitrogens is 3. The van der Waals surface area contributed by atoms with E-state index in [4.69, 9.17) is 14.5 Å². The van der Waals surface area contributed by atoms with Gasteiger partial charge < -0.3 is 19.1 Å². The molecule has 12 heteroatoms. The van der Waals surface area contributed by atoms with E-state index in [9.17, 15) is 23.1 Å².